The van der Waals surface area contributed by atoms with Gasteiger partial charge in [-0.3, -0.25) is 19.4 Å². The van der Waals surface area contributed by atoms with E-state index in [0.717, 1.165) is 63.4 Å². The lowest BCUT2D eigenvalue weighted by Gasteiger charge is -2.44. The number of nitrogens with zero attached hydrogens (tertiary/aromatic N) is 6. The van der Waals surface area contributed by atoms with Crippen LogP contribution in [0.5, 0.6) is 5.75 Å². The lowest BCUT2D eigenvalue weighted by atomic mass is 10.0. The molecule has 0 bridgehead atoms. The zero-order chi connectivity index (χ0) is 32.9. The van der Waals surface area contributed by atoms with E-state index in [1.165, 1.54) is 24.5 Å². The zero-order valence-electron chi connectivity index (χ0n) is 27.5. The normalized spacial score (nSPS) is 19.6. The molecule has 250 valence electrons. The van der Waals surface area contributed by atoms with E-state index in [0.29, 0.717) is 53.9 Å². The van der Waals surface area contributed by atoms with Crippen molar-refractivity contribution >= 4 is 34.6 Å². The van der Waals surface area contributed by atoms with E-state index in [2.05, 4.69) is 55.7 Å². The molecule has 1 atom stereocenters. The van der Waals surface area contributed by atoms with Gasteiger partial charge in [0.05, 0.1) is 36.8 Å². The number of rotatable bonds is 10. The minimum Gasteiger partial charge on any atom is -0.494 e. The van der Waals surface area contributed by atoms with Gasteiger partial charge in [0.2, 0.25) is 5.91 Å². The third kappa shape index (κ3) is 7.50. The third-order valence-corrected chi connectivity index (χ3v) is 9.44. The monoisotopic (exact) mass is 644 g/mol. The van der Waals surface area contributed by atoms with Crippen LogP contribution in [0.2, 0.25) is 0 Å². The number of piperidine rings is 1. The summed E-state index contributed by atoms with van der Waals surface area (Å²) in [4.78, 5) is 34.9. The van der Waals surface area contributed by atoms with Crippen LogP contribution in [0.15, 0.2) is 61.4 Å². The maximum absolute atomic E-state index is 14.0. The van der Waals surface area contributed by atoms with Crippen LogP contribution >= 0.6 is 0 Å². The fourth-order valence-corrected chi connectivity index (χ4v) is 6.86. The van der Waals surface area contributed by atoms with Gasteiger partial charge in [0.25, 0.3) is 0 Å². The number of piperazine rings is 1. The molecule has 11 nitrogen and oxygen atoms in total. The Bertz CT molecular complexity index is 1560. The van der Waals surface area contributed by atoms with Crippen LogP contribution in [0.4, 0.5) is 33.1 Å². The molecule has 4 heterocycles. The lowest BCUT2D eigenvalue weighted by molar-refractivity contribution is -0.111. The minimum atomic E-state index is -0.293. The van der Waals surface area contributed by atoms with E-state index in [1.807, 2.05) is 18.2 Å². The lowest BCUT2D eigenvalue weighted by Crippen LogP contribution is -2.54. The van der Waals surface area contributed by atoms with Crippen LogP contribution in [0.1, 0.15) is 44.7 Å². The summed E-state index contributed by atoms with van der Waals surface area (Å²) in [5, 5.41) is 8.06. The smallest absolute Gasteiger partial charge is 0.247 e. The van der Waals surface area contributed by atoms with E-state index in [9.17, 15) is 9.18 Å². The maximum Gasteiger partial charge on any atom is 0.247 e. The number of benzene rings is 2. The molecular formula is C35H45FN8O3. The molecule has 3 fully saturated rings. The Labute approximate surface area is 276 Å². The van der Waals surface area contributed by atoms with Crippen molar-refractivity contribution in [2.75, 3.05) is 73.6 Å². The SMILES string of the molecule is C=CC(=O)Nc1cc(Nc2cc(N3OCC[C@@H]3c3cccc(F)c3)ncn2)c(OC)cc1N1CCC(N2CCN(C(C)C)CC2)CC1. The van der Waals surface area contributed by atoms with Crippen molar-refractivity contribution in [1.29, 1.82) is 0 Å². The van der Waals surface area contributed by atoms with Gasteiger partial charge in [0, 0.05) is 69.9 Å². The predicted molar refractivity (Wildman–Crippen MR) is 183 cm³/mol. The fraction of sp³-hybridized carbons (Fsp3) is 0.457. The number of halogens is 1. The molecule has 0 radical (unpaired) electrons. The average Bonchev–Trinajstić information content (AvgIpc) is 3.59. The first-order chi connectivity index (χ1) is 22.8. The van der Waals surface area contributed by atoms with Gasteiger partial charge in [-0.05, 0) is 56.5 Å². The Morgan fingerprint density at radius 3 is 2.53 bits per heavy atom. The third-order valence-electron chi connectivity index (χ3n) is 9.44. The Hall–Kier alpha value is -4.26. The molecule has 0 saturated carbocycles. The topological polar surface area (TPSA) is 98.3 Å². The van der Waals surface area contributed by atoms with Crippen LogP contribution in [-0.2, 0) is 9.63 Å². The summed E-state index contributed by atoms with van der Waals surface area (Å²) in [7, 11) is 1.63. The number of methoxy groups -OCH3 is 1. The average molecular weight is 645 g/mol. The summed E-state index contributed by atoms with van der Waals surface area (Å²) in [6.07, 6.45) is 5.53. The molecule has 2 N–H and O–H groups in total. The van der Waals surface area contributed by atoms with E-state index in [4.69, 9.17) is 9.57 Å². The molecule has 12 heteroatoms. The number of hydroxylamine groups is 1. The zero-order valence-corrected chi connectivity index (χ0v) is 27.5. The quantitative estimate of drug-likeness (QED) is 0.281. The van der Waals surface area contributed by atoms with Gasteiger partial charge in [-0.15, -0.1) is 0 Å². The van der Waals surface area contributed by atoms with Gasteiger partial charge < -0.3 is 20.3 Å². The highest BCUT2D eigenvalue weighted by atomic mass is 19.1. The van der Waals surface area contributed by atoms with Crippen LogP contribution in [-0.4, -0.2) is 90.7 Å². The van der Waals surface area contributed by atoms with Crippen LogP contribution in [0.3, 0.4) is 0 Å². The van der Waals surface area contributed by atoms with Crippen molar-refractivity contribution in [3.63, 3.8) is 0 Å². The highest BCUT2D eigenvalue weighted by Crippen LogP contribution is 2.40. The molecule has 3 saturated heterocycles. The van der Waals surface area contributed by atoms with Crippen molar-refractivity contribution in [2.24, 2.45) is 0 Å². The van der Waals surface area contributed by atoms with Crippen LogP contribution < -0.4 is 25.3 Å². The number of carbonyl (C=O) groups is 1. The molecule has 6 rings (SSSR count). The van der Waals surface area contributed by atoms with E-state index >= 15 is 0 Å². The Morgan fingerprint density at radius 2 is 1.83 bits per heavy atom. The van der Waals surface area contributed by atoms with E-state index in [-0.39, 0.29) is 17.8 Å². The molecule has 47 heavy (non-hydrogen) atoms. The van der Waals surface area contributed by atoms with Gasteiger partial charge in [0.15, 0.2) is 5.82 Å². The largest absolute Gasteiger partial charge is 0.494 e. The Morgan fingerprint density at radius 1 is 1.04 bits per heavy atom. The standard InChI is InChI=1S/C35H45FN8O3/c1-5-35(45)40-28-20-29(39-33-22-34(38-23-37-33)44-30(11-18-47-44)25-7-6-8-26(36)19-25)32(46-4)21-31(28)43-12-9-27(10-13-43)42-16-14-41(15-17-42)24(2)3/h5-8,19-24,27,30H,1,9-18H2,2-4H3,(H,40,45)(H,37,38,39)/t30-/m1/s1. The second-order valence-corrected chi connectivity index (χ2v) is 12.6. The van der Waals surface area contributed by atoms with Gasteiger partial charge in [-0.2, -0.15) is 0 Å². The Balaban J connectivity index is 1.20. The molecule has 3 aliphatic rings. The van der Waals surface area contributed by atoms with Gasteiger partial charge in [-0.1, -0.05) is 18.7 Å². The number of nitrogens with one attached hydrogen (secondary N) is 2. The number of amides is 1. The first-order valence-corrected chi connectivity index (χ1v) is 16.5. The molecule has 1 aromatic heterocycles. The number of hydrogen-bond donors (Lipinski definition) is 2. The maximum atomic E-state index is 14.0. The van der Waals surface area contributed by atoms with E-state index in [1.54, 1.807) is 24.3 Å². The molecule has 1 amide bonds. The molecule has 2 aromatic carbocycles. The summed E-state index contributed by atoms with van der Waals surface area (Å²) >= 11 is 0. The van der Waals surface area contributed by atoms with Crippen LogP contribution in [0, 0.1) is 5.82 Å². The number of ether oxygens (including phenoxy) is 1. The van der Waals surface area contributed by atoms with Gasteiger partial charge in [0.1, 0.15) is 23.7 Å². The number of anilines is 5. The Kier molecular flexibility index (Phi) is 10.2. The predicted octanol–water partition coefficient (Wildman–Crippen LogP) is 5.37. The molecule has 0 unspecified atom stereocenters. The summed E-state index contributed by atoms with van der Waals surface area (Å²) < 4.78 is 19.8. The number of hydrogen-bond acceptors (Lipinski definition) is 10. The van der Waals surface area contributed by atoms with Crippen molar-refractivity contribution in [3.8, 4) is 5.75 Å². The summed E-state index contributed by atoms with van der Waals surface area (Å²) in [6, 6.07) is 13.1. The van der Waals surface area contributed by atoms with Crippen molar-refractivity contribution in [1.82, 2.24) is 19.8 Å². The van der Waals surface area contributed by atoms with Crippen LogP contribution in [0.25, 0.3) is 0 Å². The van der Waals surface area contributed by atoms with Gasteiger partial charge in [-0.25, -0.2) is 19.4 Å². The highest BCUT2D eigenvalue weighted by molar-refractivity contribution is 6.02. The number of aromatic nitrogens is 2. The summed E-state index contributed by atoms with van der Waals surface area (Å²) in [5.74, 6) is 1.07. The molecule has 0 spiro atoms. The molecule has 0 aliphatic carbocycles. The van der Waals surface area contributed by atoms with Crippen molar-refractivity contribution in [3.05, 3.63) is 72.8 Å². The minimum absolute atomic E-state index is 0.184. The summed E-state index contributed by atoms with van der Waals surface area (Å²) in [6.45, 7) is 14.9. The first-order valence-electron chi connectivity index (χ1n) is 16.5. The highest BCUT2D eigenvalue weighted by Gasteiger charge is 2.31. The van der Waals surface area contributed by atoms with Gasteiger partial charge >= 0.3 is 0 Å². The second-order valence-electron chi connectivity index (χ2n) is 12.6. The molecular weight excluding hydrogens is 599 g/mol. The summed E-state index contributed by atoms with van der Waals surface area (Å²) in [5.41, 5.74) is 3.00. The fourth-order valence-electron chi connectivity index (χ4n) is 6.86. The number of carbonyl (C=O) groups excluding carboxylic acids is 1. The first kappa shape index (κ1) is 32.7. The van der Waals surface area contributed by atoms with Crippen molar-refractivity contribution < 1.29 is 18.8 Å². The molecule has 3 aromatic rings. The second kappa shape index (κ2) is 14.7. The molecule has 3 aliphatic heterocycles. The van der Waals surface area contributed by atoms with E-state index < -0.39 is 0 Å². The van der Waals surface area contributed by atoms with Crippen molar-refractivity contribution in [2.45, 2.75) is 51.2 Å².